The molecule has 29 heavy (non-hydrogen) atoms. The summed E-state index contributed by atoms with van der Waals surface area (Å²) in [6.45, 7) is 4.60. The molecule has 0 spiro atoms. The molecule has 0 aliphatic heterocycles. The van der Waals surface area contributed by atoms with Gasteiger partial charge in [-0.3, -0.25) is 4.79 Å². The van der Waals surface area contributed by atoms with Crippen LogP contribution >= 0.6 is 0 Å². The Bertz CT molecular complexity index is 1020. The monoisotopic (exact) mass is 383 g/mol. The van der Waals surface area contributed by atoms with Crippen molar-refractivity contribution in [1.29, 1.82) is 5.26 Å². The molecule has 1 unspecified atom stereocenters. The molecule has 146 valence electrons. The van der Waals surface area contributed by atoms with Crippen LogP contribution in [0.1, 0.15) is 33.9 Å². The van der Waals surface area contributed by atoms with Crippen LogP contribution in [0.2, 0.25) is 0 Å². The van der Waals surface area contributed by atoms with Crippen molar-refractivity contribution < 1.29 is 4.79 Å². The van der Waals surface area contributed by atoms with E-state index in [-0.39, 0.29) is 5.91 Å². The first kappa shape index (κ1) is 20.3. The molecule has 0 heterocycles. The highest BCUT2D eigenvalue weighted by Gasteiger charge is 2.24. The van der Waals surface area contributed by atoms with Gasteiger partial charge in [0.1, 0.15) is 6.04 Å². The summed E-state index contributed by atoms with van der Waals surface area (Å²) in [6.07, 6.45) is 0.673. The molecule has 4 heteroatoms. The predicted molar refractivity (Wildman–Crippen MR) is 117 cm³/mol. The number of amides is 1. The Kier molecular flexibility index (Phi) is 6.43. The van der Waals surface area contributed by atoms with Gasteiger partial charge in [0.25, 0.3) is 0 Å². The molecule has 3 rings (SSSR count). The van der Waals surface area contributed by atoms with Crippen LogP contribution in [-0.2, 0) is 11.2 Å². The van der Waals surface area contributed by atoms with E-state index in [0.29, 0.717) is 18.5 Å². The number of hydrogen-bond donors (Lipinski definition) is 1. The molecule has 1 amide bonds. The third kappa shape index (κ3) is 4.90. The number of benzene rings is 3. The third-order valence-corrected chi connectivity index (χ3v) is 5.20. The summed E-state index contributed by atoms with van der Waals surface area (Å²) in [5.41, 5.74) is 12.0. The third-order valence-electron chi connectivity index (χ3n) is 5.20. The van der Waals surface area contributed by atoms with E-state index < -0.39 is 6.04 Å². The highest BCUT2D eigenvalue weighted by atomic mass is 16.2. The summed E-state index contributed by atoms with van der Waals surface area (Å²) in [5.74, 6) is -0.131. The highest BCUT2D eigenvalue weighted by molar-refractivity contribution is 5.97. The van der Waals surface area contributed by atoms with Gasteiger partial charge in [0.2, 0.25) is 5.91 Å². The number of anilines is 1. The van der Waals surface area contributed by atoms with Crippen molar-refractivity contribution in [3.63, 3.8) is 0 Å². The van der Waals surface area contributed by atoms with Gasteiger partial charge in [0, 0.05) is 12.2 Å². The summed E-state index contributed by atoms with van der Waals surface area (Å²) >= 11 is 0. The molecule has 3 aromatic rings. The fraction of sp³-hybridized carbons (Fsp3) is 0.200. The minimum atomic E-state index is -0.723. The molecule has 0 saturated carbocycles. The zero-order valence-electron chi connectivity index (χ0n) is 16.8. The number of carbonyl (C=O) groups is 1. The van der Waals surface area contributed by atoms with Crippen LogP contribution < -0.4 is 10.6 Å². The van der Waals surface area contributed by atoms with Gasteiger partial charge >= 0.3 is 0 Å². The minimum Gasteiger partial charge on any atom is -0.316 e. The summed E-state index contributed by atoms with van der Waals surface area (Å²) in [6, 6.07) is 24.3. The maximum absolute atomic E-state index is 13.3. The van der Waals surface area contributed by atoms with Crippen molar-refractivity contribution in [2.45, 2.75) is 26.3 Å². The Morgan fingerprint density at radius 1 is 1.00 bits per heavy atom. The van der Waals surface area contributed by atoms with E-state index in [9.17, 15) is 4.79 Å². The highest BCUT2D eigenvalue weighted by Crippen LogP contribution is 2.23. The fourth-order valence-corrected chi connectivity index (χ4v) is 3.22. The smallest absolute Gasteiger partial charge is 0.248 e. The van der Waals surface area contributed by atoms with Crippen molar-refractivity contribution in [2.24, 2.45) is 5.73 Å². The van der Waals surface area contributed by atoms with Crippen LogP contribution in [0, 0.1) is 25.2 Å². The number of nitrogens with zero attached hydrogens (tertiary/aromatic N) is 2. The van der Waals surface area contributed by atoms with Crippen LogP contribution in [0.15, 0.2) is 72.8 Å². The van der Waals surface area contributed by atoms with Gasteiger partial charge in [0.15, 0.2) is 0 Å². The normalized spacial score (nSPS) is 11.5. The lowest BCUT2D eigenvalue weighted by Gasteiger charge is -2.27. The lowest BCUT2D eigenvalue weighted by molar-refractivity contribution is -0.120. The Labute approximate surface area is 172 Å². The Hall–Kier alpha value is -3.42. The van der Waals surface area contributed by atoms with Crippen LogP contribution in [0.5, 0.6) is 0 Å². The average Bonchev–Trinajstić information content (AvgIpc) is 2.76. The predicted octanol–water partition coefficient (Wildman–Crippen LogP) is 4.45. The van der Waals surface area contributed by atoms with E-state index in [1.54, 1.807) is 17.0 Å². The largest absolute Gasteiger partial charge is 0.316 e. The van der Waals surface area contributed by atoms with Crippen LogP contribution in [0.3, 0.4) is 0 Å². The molecule has 3 aromatic carbocycles. The van der Waals surface area contributed by atoms with Gasteiger partial charge in [-0.2, -0.15) is 5.26 Å². The SMILES string of the molecule is Cc1ccc(N(CCc2ccc(C#N)cc2)C(=O)C(N)c2ccccc2)cc1C. The number of rotatable bonds is 6. The topological polar surface area (TPSA) is 70.1 Å². The van der Waals surface area contributed by atoms with E-state index in [1.165, 1.54) is 5.56 Å². The first-order valence-corrected chi connectivity index (χ1v) is 9.68. The van der Waals surface area contributed by atoms with Gasteiger partial charge in [-0.15, -0.1) is 0 Å². The van der Waals surface area contributed by atoms with E-state index in [1.807, 2.05) is 67.6 Å². The van der Waals surface area contributed by atoms with Gasteiger partial charge in [-0.25, -0.2) is 0 Å². The molecular formula is C25H25N3O. The number of hydrogen-bond acceptors (Lipinski definition) is 3. The maximum Gasteiger partial charge on any atom is 0.248 e. The first-order chi connectivity index (χ1) is 14.0. The number of aryl methyl sites for hydroxylation is 2. The average molecular weight is 383 g/mol. The molecule has 0 saturated heterocycles. The molecule has 0 aromatic heterocycles. The molecule has 0 aliphatic rings. The quantitative estimate of drug-likeness (QED) is 0.684. The second kappa shape index (κ2) is 9.18. The zero-order chi connectivity index (χ0) is 20.8. The van der Waals surface area contributed by atoms with Gasteiger partial charge < -0.3 is 10.6 Å². The minimum absolute atomic E-state index is 0.131. The van der Waals surface area contributed by atoms with Crippen LogP contribution in [-0.4, -0.2) is 12.5 Å². The molecular weight excluding hydrogens is 358 g/mol. The van der Waals surface area contributed by atoms with Crippen molar-refractivity contribution in [1.82, 2.24) is 0 Å². The Balaban J connectivity index is 1.87. The molecule has 0 radical (unpaired) electrons. The Morgan fingerprint density at radius 3 is 2.31 bits per heavy atom. The Morgan fingerprint density at radius 2 is 1.69 bits per heavy atom. The second-order valence-corrected chi connectivity index (χ2v) is 7.21. The van der Waals surface area contributed by atoms with Gasteiger partial charge in [-0.1, -0.05) is 48.5 Å². The molecule has 0 bridgehead atoms. The van der Waals surface area contributed by atoms with Crippen LogP contribution in [0.4, 0.5) is 5.69 Å². The number of nitriles is 1. The van der Waals surface area contributed by atoms with Crippen molar-refractivity contribution in [3.05, 3.63) is 101 Å². The first-order valence-electron chi connectivity index (χ1n) is 9.68. The molecule has 0 fully saturated rings. The van der Waals surface area contributed by atoms with Crippen LogP contribution in [0.25, 0.3) is 0 Å². The molecule has 1 atom stereocenters. The standard InChI is InChI=1S/C25H25N3O/c1-18-8-13-23(16-19(18)2)28(15-14-20-9-11-21(17-26)12-10-20)25(29)24(27)22-6-4-3-5-7-22/h3-13,16,24H,14-15,27H2,1-2H3. The zero-order valence-corrected chi connectivity index (χ0v) is 16.8. The lowest BCUT2D eigenvalue weighted by atomic mass is 10.0. The lowest BCUT2D eigenvalue weighted by Crippen LogP contribution is -2.40. The summed E-state index contributed by atoms with van der Waals surface area (Å²) in [5, 5.41) is 8.97. The van der Waals surface area contributed by atoms with E-state index in [4.69, 9.17) is 11.0 Å². The summed E-state index contributed by atoms with van der Waals surface area (Å²) in [4.78, 5) is 15.1. The van der Waals surface area contributed by atoms with Crippen molar-refractivity contribution in [2.75, 3.05) is 11.4 Å². The van der Waals surface area contributed by atoms with Crippen molar-refractivity contribution >= 4 is 11.6 Å². The summed E-state index contributed by atoms with van der Waals surface area (Å²) in [7, 11) is 0. The molecule has 2 N–H and O–H groups in total. The number of nitrogens with two attached hydrogens (primary N) is 1. The number of carbonyl (C=O) groups excluding carboxylic acids is 1. The van der Waals surface area contributed by atoms with Crippen molar-refractivity contribution in [3.8, 4) is 6.07 Å². The van der Waals surface area contributed by atoms with E-state index in [2.05, 4.69) is 13.0 Å². The van der Waals surface area contributed by atoms with E-state index >= 15 is 0 Å². The molecule has 0 aliphatic carbocycles. The molecule has 4 nitrogen and oxygen atoms in total. The fourth-order valence-electron chi connectivity index (χ4n) is 3.22. The van der Waals surface area contributed by atoms with E-state index in [0.717, 1.165) is 22.4 Å². The maximum atomic E-state index is 13.3. The van der Waals surface area contributed by atoms with Gasteiger partial charge in [-0.05, 0) is 66.8 Å². The van der Waals surface area contributed by atoms with Gasteiger partial charge in [0.05, 0.1) is 11.6 Å². The summed E-state index contributed by atoms with van der Waals surface area (Å²) < 4.78 is 0. The second-order valence-electron chi connectivity index (χ2n) is 7.21.